The van der Waals surface area contributed by atoms with Crippen LogP contribution >= 0.6 is 0 Å². The van der Waals surface area contributed by atoms with Crippen molar-refractivity contribution in [1.29, 1.82) is 0 Å². The van der Waals surface area contributed by atoms with Gasteiger partial charge in [-0.15, -0.1) is 5.10 Å². The molecule has 9 rings (SSSR count). The predicted octanol–water partition coefficient (Wildman–Crippen LogP) is 5.41. The van der Waals surface area contributed by atoms with Gasteiger partial charge in [0.05, 0.1) is 23.4 Å². The van der Waals surface area contributed by atoms with Gasteiger partial charge >= 0.3 is 0 Å². The number of fused-ring (bicyclic) bond motifs is 2. The number of carbonyl (C=O) groups excluding carboxylic acids is 2. The van der Waals surface area contributed by atoms with Gasteiger partial charge in [-0.2, -0.15) is 0 Å². The van der Waals surface area contributed by atoms with E-state index in [2.05, 4.69) is 31.1 Å². The van der Waals surface area contributed by atoms with E-state index in [1.54, 1.807) is 12.1 Å². The SMILES string of the molecule is O=C1CCC(n2ccc3c(OCCN4CCN(c5cccc(-c6cnc7ccc(N8CCC[C@@H]8c8cccc(F)c8)nn67)n5)CC4)cccc32)C(=O)N1. The Hall–Kier alpha value is -5.82. The fourth-order valence-corrected chi connectivity index (χ4v) is 8.03. The first-order valence-electron chi connectivity index (χ1n) is 18.4. The molecular formula is C40H40FN9O3. The maximum atomic E-state index is 14.1. The highest BCUT2D eigenvalue weighted by molar-refractivity contribution is 6.00. The summed E-state index contributed by atoms with van der Waals surface area (Å²) in [5.74, 6) is 1.84. The molecule has 0 aliphatic carbocycles. The van der Waals surface area contributed by atoms with Gasteiger partial charge in [-0.3, -0.25) is 19.8 Å². The molecule has 0 bridgehead atoms. The lowest BCUT2D eigenvalue weighted by atomic mass is 10.0. The maximum absolute atomic E-state index is 14.1. The Morgan fingerprint density at radius 1 is 0.868 bits per heavy atom. The Morgan fingerprint density at radius 3 is 2.60 bits per heavy atom. The number of carbonyl (C=O) groups is 2. The number of ether oxygens (including phenoxy) is 1. The van der Waals surface area contributed by atoms with Crippen molar-refractivity contribution in [2.24, 2.45) is 0 Å². The third-order valence-electron chi connectivity index (χ3n) is 10.8. The van der Waals surface area contributed by atoms with E-state index >= 15 is 0 Å². The number of imide groups is 1. The fourth-order valence-electron chi connectivity index (χ4n) is 8.03. The summed E-state index contributed by atoms with van der Waals surface area (Å²) >= 11 is 0. The minimum atomic E-state index is -0.405. The van der Waals surface area contributed by atoms with Crippen LogP contribution in [-0.4, -0.2) is 86.7 Å². The largest absolute Gasteiger partial charge is 0.492 e. The first kappa shape index (κ1) is 33.0. The first-order chi connectivity index (χ1) is 26.0. The number of pyridine rings is 1. The van der Waals surface area contributed by atoms with Gasteiger partial charge in [-0.1, -0.05) is 24.3 Å². The predicted molar refractivity (Wildman–Crippen MR) is 199 cm³/mol. The molecule has 7 heterocycles. The highest BCUT2D eigenvalue weighted by Gasteiger charge is 2.30. The Kier molecular flexibility index (Phi) is 8.70. The normalized spacial score (nSPS) is 19.7. The molecular weight excluding hydrogens is 673 g/mol. The molecule has 13 heteroatoms. The molecule has 3 aliphatic heterocycles. The smallest absolute Gasteiger partial charge is 0.249 e. The Labute approximate surface area is 305 Å². The van der Waals surface area contributed by atoms with Gasteiger partial charge in [0.15, 0.2) is 5.65 Å². The number of piperidine rings is 1. The molecule has 0 radical (unpaired) electrons. The van der Waals surface area contributed by atoms with E-state index in [0.29, 0.717) is 19.4 Å². The van der Waals surface area contributed by atoms with Gasteiger partial charge in [0.25, 0.3) is 0 Å². The zero-order valence-corrected chi connectivity index (χ0v) is 29.3. The van der Waals surface area contributed by atoms with Crippen LogP contribution in [0.3, 0.4) is 0 Å². The molecule has 6 aromatic rings. The quantitative estimate of drug-likeness (QED) is 0.197. The number of anilines is 2. The summed E-state index contributed by atoms with van der Waals surface area (Å²) < 4.78 is 24.2. The van der Waals surface area contributed by atoms with E-state index < -0.39 is 6.04 Å². The van der Waals surface area contributed by atoms with Crippen molar-refractivity contribution in [3.05, 3.63) is 103 Å². The number of nitrogens with zero attached hydrogens (tertiary/aromatic N) is 8. The second kappa shape index (κ2) is 14.0. The van der Waals surface area contributed by atoms with Crippen molar-refractivity contribution >= 4 is 40.0 Å². The number of rotatable bonds is 9. The van der Waals surface area contributed by atoms with Gasteiger partial charge in [0.1, 0.15) is 41.5 Å². The van der Waals surface area contributed by atoms with Crippen molar-refractivity contribution in [2.45, 2.75) is 37.8 Å². The van der Waals surface area contributed by atoms with Crippen molar-refractivity contribution in [3.8, 4) is 17.1 Å². The zero-order chi connectivity index (χ0) is 35.9. The van der Waals surface area contributed by atoms with Crippen LogP contribution in [0.25, 0.3) is 27.9 Å². The average Bonchev–Trinajstić information content (AvgIpc) is 3.94. The molecule has 3 saturated heterocycles. The van der Waals surface area contributed by atoms with Gasteiger partial charge in [0, 0.05) is 57.3 Å². The van der Waals surface area contributed by atoms with Crippen molar-refractivity contribution in [2.75, 3.05) is 55.7 Å². The van der Waals surface area contributed by atoms with Crippen LogP contribution in [0.1, 0.15) is 43.3 Å². The van der Waals surface area contributed by atoms with E-state index in [9.17, 15) is 14.0 Å². The molecule has 2 aromatic carbocycles. The fraction of sp³-hybridized carbons (Fsp3) is 0.325. The van der Waals surface area contributed by atoms with Crippen molar-refractivity contribution < 1.29 is 18.7 Å². The van der Waals surface area contributed by atoms with Crippen LogP contribution < -0.4 is 19.9 Å². The number of aromatic nitrogens is 5. The van der Waals surface area contributed by atoms with Gasteiger partial charge < -0.3 is 19.1 Å². The Morgan fingerprint density at radius 2 is 1.74 bits per heavy atom. The van der Waals surface area contributed by atoms with Crippen molar-refractivity contribution in [3.63, 3.8) is 0 Å². The molecule has 3 fully saturated rings. The summed E-state index contributed by atoms with van der Waals surface area (Å²) in [6.07, 6.45) is 6.52. The lowest BCUT2D eigenvalue weighted by Crippen LogP contribution is -2.47. The summed E-state index contributed by atoms with van der Waals surface area (Å²) in [6.45, 7) is 5.63. The number of hydrogen-bond donors (Lipinski definition) is 1. The van der Waals surface area contributed by atoms with E-state index in [1.807, 2.05) is 76.1 Å². The molecule has 2 atom stereocenters. The molecule has 2 amide bonds. The number of piperazine rings is 1. The van der Waals surface area contributed by atoms with Crippen LogP contribution in [0.4, 0.5) is 16.0 Å². The second-order valence-corrected chi connectivity index (χ2v) is 13.9. The van der Waals surface area contributed by atoms with E-state index in [-0.39, 0.29) is 23.7 Å². The monoisotopic (exact) mass is 713 g/mol. The molecule has 4 aromatic heterocycles. The third-order valence-corrected chi connectivity index (χ3v) is 10.8. The minimum Gasteiger partial charge on any atom is -0.492 e. The van der Waals surface area contributed by atoms with E-state index in [0.717, 1.165) is 103 Å². The number of nitrogens with one attached hydrogen (secondary N) is 1. The van der Waals surface area contributed by atoms with E-state index in [1.165, 1.54) is 6.07 Å². The summed E-state index contributed by atoms with van der Waals surface area (Å²) in [7, 11) is 0. The molecule has 12 nitrogen and oxygen atoms in total. The molecule has 0 saturated carbocycles. The second-order valence-electron chi connectivity index (χ2n) is 13.9. The number of halogens is 1. The molecule has 1 unspecified atom stereocenters. The van der Waals surface area contributed by atoms with Gasteiger partial charge in [-0.05, 0) is 79.4 Å². The lowest BCUT2D eigenvalue weighted by molar-refractivity contribution is -0.135. The third kappa shape index (κ3) is 6.45. The highest BCUT2D eigenvalue weighted by atomic mass is 19.1. The summed E-state index contributed by atoms with van der Waals surface area (Å²) in [5.41, 5.74) is 4.26. The van der Waals surface area contributed by atoms with Crippen LogP contribution in [0.2, 0.25) is 0 Å². The zero-order valence-electron chi connectivity index (χ0n) is 29.3. The molecule has 270 valence electrons. The van der Waals surface area contributed by atoms with Gasteiger partial charge in [0.2, 0.25) is 11.8 Å². The Bertz CT molecular complexity index is 2310. The van der Waals surface area contributed by atoms with E-state index in [4.69, 9.17) is 14.8 Å². The number of imidazole rings is 1. The van der Waals surface area contributed by atoms with Crippen LogP contribution in [0, 0.1) is 5.82 Å². The van der Waals surface area contributed by atoms with Gasteiger partial charge in [-0.25, -0.2) is 18.9 Å². The van der Waals surface area contributed by atoms with Crippen molar-refractivity contribution in [1.82, 2.24) is 34.4 Å². The molecule has 1 N–H and O–H groups in total. The maximum Gasteiger partial charge on any atom is 0.249 e. The number of amides is 2. The molecule has 53 heavy (non-hydrogen) atoms. The van der Waals surface area contributed by atoms with Crippen LogP contribution in [0.15, 0.2) is 91.3 Å². The topological polar surface area (TPSA) is 113 Å². The summed E-state index contributed by atoms with van der Waals surface area (Å²) in [4.78, 5) is 40.8. The average molecular weight is 714 g/mol. The minimum absolute atomic E-state index is 0.0725. The summed E-state index contributed by atoms with van der Waals surface area (Å²) in [5, 5.41) is 8.43. The molecule has 0 spiro atoms. The standard InChI is InChI=1S/C40H40FN9O3/c41-28-6-1-5-27(25-28)31-9-4-17-49(31)38-14-13-36-42-26-34(50(36)45-38)30-7-2-11-37(43-30)47-21-19-46(20-22-47)23-24-53-35-10-3-8-32-29(35)16-18-48(32)33-12-15-39(51)44-40(33)52/h1-3,5-8,10-11,13-14,16,18,25-26,31,33H,4,9,12,15,17,19-24H2,(H,44,51,52)/t31-,33?/m1/s1. The number of benzene rings is 2. The lowest BCUT2D eigenvalue weighted by Gasteiger charge is -2.35. The van der Waals surface area contributed by atoms with Crippen LogP contribution in [-0.2, 0) is 9.59 Å². The Balaban J connectivity index is 0.836. The first-order valence-corrected chi connectivity index (χ1v) is 18.4. The highest BCUT2D eigenvalue weighted by Crippen LogP contribution is 2.36. The molecule has 3 aliphatic rings. The van der Waals surface area contributed by atoms with Crippen LogP contribution in [0.5, 0.6) is 5.75 Å². The summed E-state index contributed by atoms with van der Waals surface area (Å²) in [6, 6.07) is 24.5. The number of hydrogen-bond acceptors (Lipinski definition) is 9.